The van der Waals surface area contributed by atoms with Gasteiger partial charge in [0, 0.05) is 31.1 Å². The number of ether oxygens (including phenoxy) is 4. The van der Waals surface area contributed by atoms with Gasteiger partial charge in [0.15, 0.2) is 0 Å². The van der Waals surface area contributed by atoms with Crippen molar-refractivity contribution in [2.45, 2.75) is 46.0 Å². The van der Waals surface area contributed by atoms with E-state index >= 15 is 0 Å². The number of benzene rings is 4. The Hall–Kier alpha value is -6.94. The van der Waals surface area contributed by atoms with E-state index in [1.807, 2.05) is 56.3 Å². The number of nitrogens with one attached hydrogen (secondary N) is 4. The predicted octanol–water partition coefficient (Wildman–Crippen LogP) is 6.47. The summed E-state index contributed by atoms with van der Waals surface area (Å²) in [6.07, 6.45) is 1.08. The second-order valence-corrected chi connectivity index (χ2v) is 15.0. The van der Waals surface area contributed by atoms with Crippen molar-refractivity contribution in [1.29, 1.82) is 0 Å². The lowest BCUT2D eigenvalue weighted by atomic mass is 9.92. The number of nitrogens with zero attached hydrogens (tertiary/aromatic N) is 4. The lowest BCUT2D eigenvalue weighted by Crippen LogP contribution is -2.43. The van der Waals surface area contributed by atoms with Gasteiger partial charge in [-0.2, -0.15) is 0 Å². The number of hydrogen-bond acceptors (Lipinski definition) is 10. The Kier molecular flexibility index (Phi) is 13.1. The lowest BCUT2D eigenvalue weighted by molar-refractivity contribution is -0.134. The third-order valence-electron chi connectivity index (χ3n) is 10.6. The Morgan fingerprint density at radius 2 is 1.67 bits per heavy atom. The topological polar surface area (TPSA) is 193 Å². The fourth-order valence-corrected chi connectivity index (χ4v) is 7.66. The highest BCUT2D eigenvalue weighted by molar-refractivity contribution is 6.07. The quantitative estimate of drug-likeness (QED) is 0.0841. The van der Waals surface area contributed by atoms with E-state index in [9.17, 15) is 19.2 Å². The number of fused-ring (bicyclic) bond motifs is 6. The zero-order valence-electron chi connectivity index (χ0n) is 34.9. The summed E-state index contributed by atoms with van der Waals surface area (Å²) < 4.78 is 21.1. The van der Waals surface area contributed by atoms with Crippen LogP contribution >= 0.6 is 0 Å². The van der Waals surface area contributed by atoms with Gasteiger partial charge in [-0.1, -0.05) is 62.4 Å². The van der Waals surface area contributed by atoms with Gasteiger partial charge in [0.05, 0.1) is 56.8 Å². The van der Waals surface area contributed by atoms with Gasteiger partial charge in [0.2, 0.25) is 11.8 Å². The molecule has 4 aromatic carbocycles. The van der Waals surface area contributed by atoms with Crippen molar-refractivity contribution < 1.29 is 38.1 Å². The maximum atomic E-state index is 14.0. The van der Waals surface area contributed by atoms with E-state index in [0.29, 0.717) is 49.9 Å². The summed E-state index contributed by atoms with van der Waals surface area (Å²) in [5.41, 5.74) is 6.98. The van der Waals surface area contributed by atoms with Crippen molar-refractivity contribution in [2.75, 3.05) is 47.6 Å². The molecule has 16 heteroatoms. The number of aromatic nitrogens is 4. The molecule has 0 bridgehead atoms. The van der Waals surface area contributed by atoms with E-state index < -0.39 is 18.2 Å². The number of H-pyrrole nitrogens is 2. The normalized spacial score (nSPS) is 12.7. The van der Waals surface area contributed by atoms with Crippen LogP contribution in [-0.4, -0.2) is 101 Å². The first-order valence-electron chi connectivity index (χ1n) is 20.1. The molecule has 318 valence electrons. The van der Waals surface area contributed by atoms with E-state index in [1.165, 1.54) is 14.2 Å². The maximum absolute atomic E-state index is 14.0. The second-order valence-electron chi connectivity index (χ2n) is 15.0. The van der Waals surface area contributed by atoms with E-state index in [4.69, 9.17) is 19.2 Å². The molecular weight excluding hydrogens is 781 g/mol. The minimum atomic E-state index is -0.928. The molecule has 3 heterocycles. The van der Waals surface area contributed by atoms with E-state index in [-0.39, 0.29) is 37.4 Å². The predicted molar refractivity (Wildman–Crippen MR) is 228 cm³/mol. The highest BCUT2D eigenvalue weighted by Crippen LogP contribution is 2.42. The summed E-state index contributed by atoms with van der Waals surface area (Å²) in [6.45, 7) is 5.90. The zero-order valence-corrected chi connectivity index (χ0v) is 34.9. The van der Waals surface area contributed by atoms with Crippen molar-refractivity contribution in [3.8, 4) is 28.1 Å². The van der Waals surface area contributed by atoms with Gasteiger partial charge in [-0.3, -0.25) is 9.59 Å². The number of carbonyl (C=O) groups excluding carboxylic acids is 4. The molecule has 0 spiro atoms. The summed E-state index contributed by atoms with van der Waals surface area (Å²) in [5.74, 6) is 1.47. The minimum absolute atomic E-state index is 0.0570. The van der Waals surface area contributed by atoms with E-state index in [2.05, 4.69) is 48.5 Å². The van der Waals surface area contributed by atoms with Gasteiger partial charge in [-0.15, -0.1) is 0 Å². The van der Waals surface area contributed by atoms with Crippen LogP contribution in [0.15, 0.2) is 79.0 Å². The molecule has 2 aromatic heterocycles. The fraction of sp³-hybridized carbons (Fsp3) is 0.333. The van der Waals surface area contributed by atoms with Crippen molar-refractivity contribution in [2.24, 2.45) is 5.92 Å². The van der Waals surface area contributed by atoms with Crippen molar-refractivity contribution >= 4 is 45.8 Å². The molecule has 61 heavy (non-hydrogen) atoms. The van der Waals surface area contributed by atoms with Gasteiger partial charge < -0.3 is 49.3 Å². The van der Waals surface area contributed by atoms with Crippen molar-refractivity contribution in [3.05, 3.63) is 102 Å². The zero-order chi connectivity index (χ0) is 43.0. The smallest absolute Gasteiger partial charge is 0.407 e. The molecule has 1 aliphatic heterocycles. The largest absolute Gasteiger partial charge is 0.488 e. The lowest BCUT2D eigenvalue weighted by Gasteiger charge is -2.27. The van der Waals surface area contributed by atoms with Crippen LogP contribution in [0.4, 0.5) is 9.59 Å². The molecule has 1 aliphatic rings. The minimum Gasteiger partial charge on any atom is -0.488 e. The number of alkyl carbamates (subject to hydrolysis) is 2. The molecule has 4 amide bonds. The van der Waals surface area contributed by atoms with E-state index in [0.717, 1.165) is 55.5 Å². The van der Waals surface area contributed by atoms with Crippen LogP contribution in [0.5, 0.6) is 5.75 Å². The number of aromatic amines is 2. The van der Waals surface area contributed by atoms with Crippen molar-refractivity contribution in [1.82, 2.24) is 40.4 Å². The molecule has 0 unspecified atom stereocenters. The molecule has 0 radical (unpaired) electrons. The maximum Gasteiger partial charge on any atom is 0.407 e. The van der Waals surface area contributed by atoms with Crippen LogP contribution in [0.25, 0.3) is 44.2 Å². The Morgan fingerprint density at radius 3 is 2.43 bits per heavy atom. The average molecular weight is 831 g/mol. The third-order valence-corrected chi connectivity index (χ3v) is 10.6. The Morgan fingerprint density at radius 1 is 0.885 bits per heavy atom. The van der Waals surface area contributed by atoms with Crippen LogP contribution < -0.4 is 15.4 Å². The highest BCUT2D eigenvalue weighted by atomic mass is 16.5. The Bertz CT molecular complexity index is 2540. The van der Waals surface area contributed by atoms with Gasteiger partial charge in [-0.05, 0) is 64.2 Å². The molecule has 7 rings (SSSR count). The van der Waals surface area contributed by atoms with Crippen molar-refractivity contribution in [3.63, 3.8) is 0 Å². The summed E-state index contributed by atoms with van der Waals surface area (Å²) in [7, 11) is 4.13. The number of carbonyl (C=O) groups is 4. The van der Waals surface area contributed by atoms with Gasteiger partial charge in [-0.25, -0.2) is 19.6 Å². The molecule has 0 saturated heterocycles. The van der Waals surface area contributed by atoms with E-state index in [1.54, 1.807) is 35.2 Å². The molecule has 0 aliphatic carbocycles. The van der Waals surface area contributed by atoms with Crippen LogP contribution in [0.2, 0.25) is 0 Å². The molecular formula is C45H50N8O8. The molecule has 2 atom stereocenters. The van der Waals surface area contributed by atoms with Crippen LogP contribution in [0, 0.1) is 5.92 Å². The van der Waals surface area contributed by atoms with Crippen LogP contribution in [0.1, 0.15) is 49.1 Å². The monoisotopic (exact) mass is 830 g/mol. The summed E-state index contributed by atoms with van der Waals surface area (Å²) >= 11 is 0. The summed E-state index contributed by atoms with van der Waals surface area (Å²) in [5, 5.41) is 7.06. The number of hydrogen-bond donors (Lipinski definition) is 4. The van der Waals surface area contributed by atoms with Crippen LogP contribution in [-0.2, 0) is 43.5 Å². The number of methoxy groups -OCH3 is 3. The summed E-state index contributed by atoms with van der Waals surface area (Å²) in [4.78, 5) is 70.7. The first-order valence-corrected chi connectivity index (χ1v) is 20.1. The molecule has 4 N–H and O–H groups in total. The fourth-order valence-electron chi connectivity index (χ4n) is 7.66. The summed E-state index contributed by atoms with van der Waals surface area (Å²) in [6, 6.07) is 22.6. The number of amides is 4. The van der Waals surface area contributed by atoms with Gasteiger partial charge in [0.25, 0.3) is 0 Å². The average Bonchev–Trinajstić information content (AvgIpc) is 3.93. The first-order chi connectivity index (χ1) is 29.6. The molecule has 6 aromatic rings. The number of rotatable bonds is 16. The van der Waals surface area contributed by atoms with Crippen LogP contribution in [0.3, 0.4) is 0 Å². The van der Waals surface area contributed by atoms with Gasteiger partial charge in [0.1, 0.15) is 36.6 Å². The third kappa shape index (κ3) is 9.60. The first kappa shape index (κ1) is 42.2. The molecule has 0 fully saturated rings. The number of imidazole rings is 2. The second kappa shape index (κ2) is 19.0. The standard InChI is InChI=1S/C45H50N8O8/c1-6-16-52(43(55)41(51-45(57)60-5)28-10-8-7-9-11-28)24-39-48-35-15-13-29-18-34-32-14-12-30(17-31(32)26-61-37(34)19-33(29)42(35)50-39)36-20-46-38(49-36)23-53(22-27(2)25-58-3)40(54)21-47-44(56)59-4/h7-15,17-20,27,41H,6,16,21-26H2,1-5H3,(H,46,49)(H,47,56)(H,48,50)(H,51,57)/t27-,41+/m0/s1. The SMILES string of the molecule is CCCN(Cc1nc2c(ccc3cc4c(cc32)OCc2cc(-c3cnc(CN(C[C@H](C)COC)C(=O)CNC(=O)OC)[nH]3)ccc2-4)[nH]1)C(=O)[C@H](NC(=O)OC)c1ccccc1. The Labute approximate surface area is 352 Å². The highest BCUT2D eigenvalue weighted by Gasteiger charge is 2.29. The van der Waals surface area contributed by atoms with Gasteiger partial charge >= 0.3 is 12.2 Å². The Balaban J connectivity index is 1.10. The molecule has 16 nitrogen and oxygen atoms in total. The molecule has 0 saturated carbocycles.